The molecule has 1 saturated heterocycles. The third-order valence-corrected chi connectivity index (χ3v) is 6.02. The number of ether oxygens (including phenoxy) is 6. The first kappa shape index (κ1) is 32.6. The van der Waals surface area contributed by atoms with Crippen LogP contribution in [0.15, 0.2) is 0 Å². The van der Waals surface area contributed by atoms with E-state index in [4.69, 9.17) is 28.4 Å². The molecule has 7 nitrogen and oxygen atoms in total. The van der Waals surface area contributed by atoms with Gasteiger partial charge >= 0.3 is 5.92 Å². The first-order chi connectivity index (χ1) is 16.9. The predicted molar refractivity (Wildman–Crippen MR) is 131 cm³/mol. The largest absolute Gasteiger partial charge is 0.379 e. The number of hydrogen-bond acceptors (Lipinski definition) is 7. The Labute approximate surface area is 211 Å². The SMILES string of the molecule is CCCCOC[C@H]1O[C@@H](C(F)(F)C(O)OCC)[C@H](OCCCC)[C@@H](OCCCC)[C@@H]1OCCCC. The molecule has 0 aromatic carbocycles. The van der Waals surface area contributed by atoms with Gasteiger partial charge in [0.15, 0.2) is 6.10 Å². The van der Waals surface area contributed by atoms with E-state index in [-0.39, 0.29) is 19.8 Å². The lowest BCUT2D eigenvalue weighted by atomic mass is 9.90. The summed E-state index contributed by atoms with van der Waals surface area (Å²) >= 11 is 0. The summed E-state index contributed by atoms with van der Waals surface area (Å²) in [6.45, 7) is 11.3. The summed E-state index contributed by atoms with van der Waals surface area (Å²) in [5.74, 6) is -3.73. The molecule has 0 spiro atoms. The molecule has 1 N–H and O–H groups in total. The standard InChI is InChI=1S/C26H50F2O7/c1-6-11-15-30-19-20-21(32-16-12-7-2)22(33-17-13-8-3)23(34-18-14-9-4)24(35-20)26(27,28)25(29)31-10-5/h20-25,29H,6-19H2,1-5H3/t20-,21-,22+,23-,24-,25?/m1/s1. The van der Waals surface area contributed by atoms with Crippen molar-refractivity contribution in [2.45, 2.75) is 129 Å². The molecule has 0 radical (unpaired) electrons. The fraction of sp³-hybridized carbons (Fsp3) is 1.00. The summed E-state index contributed by atoms with van der Waals surface area (Å²) in [6, 6.07) is 0. The normalized spacial score (nSPS) is 26.2. The topological polar surface area (TPSA) is 75.6 Å². The van der Waals surface area contributed by atoms with Gasteiger partial charge in [0.2, 0.25) is 6.29 Å². The van der Waals surface area contributed by atoms with Crippen molar-refractivity contribution in [3.63, 3.8) is 0 Å². The lowest BCUT2D eigenvalue weighted by Crippen LogP contribution is -2.67. The molecule has 6 atom stereocenters. The van der Waals surface area contributed by atoms with Gasteiger partial charge in [0.05, 0.1) is 6.61 Å². The average Bonchev–Trinajstić information content (AvgIpc) is 2.84. The van der Waals surface area contributed by atoms with Gasteiger partial charge in [0.25, 0.3) is 0 Å². The van der Waals surface area contributed by atoms with E-state index in [1.165, 1.54) is 0 Å². The molecule has 0 aromatic heterocycles. The highest BCUT2D eigenvalue weighted by Gasteiger charge is 2.60. The zero-order valence-electron chi connectivity index (χ0n) is 22.5. The number of aliphatic hydroxyl groups excluding tert-OH is 1. The summed E-state index contributed by atoms with van der Waals surface area (Å²) in [6.07, 6.45) is -0.672. The Bertz CT molecular complexity index is 512. The van der Waals surface area contributed by atoms with E-state index in [1.54, 1.807) is 6.92 Å². The fourth-order valence-corrected chi connectivity index (χ4v) is 3.88. The Hall–Kier alpha value is -0.420. The number of rotatable bonds is 21. The molecule has 1 heterocycles. The maximum Gasteiger partial charge on any atom is 0.325 e. The summed E-state index contributed by atoms with van der Waals surface area (Å²) < 4.78 is 66.1. The molecular formula is C26H50F2O7. The van der Waals surface area contributed by atoms with Gasteiger partial charge in [-0.3, -0.25) is 0 Å². The van der Waals surface area contributed by atoms with E-state index in [0.29, 0.717) is 26.2 Å². The molecule has 1 fully saturated rings. The molecule has 0 aliphatic carbocycles. The number of hydrogen-bond donors (Lipinski definition) is 1. The molecule has 0 saturated carbocycles. The Morgan fingerprint density at radius 3 is 1.74 bits per heavy atom. The monoisotopic (exact) mass is 512 g/mol. The second-order valence-electron chi connectivity index (χ2n) is 9.07. The van der Waals surface area contributed by atoms with Crippen molar-refractivity contribution in [3.8, 4) is 0 Å². The third kappa shape index (κ3) is 10.8. The Morgan fingerprint density at radius 2 is 1.23 bits per heavy atom. The molecule has 210 valence electrons. The van der Waals surface area contributed by atoms with Crippen LogP contribution in [-0.2, 0) is 28.4 Å². The lowest BCUT2D eigenvalue weighted by molar-refractivity contribution is -0.342. The molecule has 35 heavy (non-hydrogen) atoms. The van der Waals surface area contributed by atoms with Crippen LogP contribution >= 0.6 is 0 Å². The molecule has 1 unspecified atom stereocenters. The predicted octanol–water partition coefficient (Wildman–Crippen LogP) is 5.12. The zero-order chi connectivity index (χ0) is 26.1. The van der Waals surface area contributed by atoms with E-state index in [1.807, 2.05) is 13.8 Å². The van der Waals surface area contributed by atoms with Crippen molar-refractivity contribution >= 4 is 0 Å². The highest BCUT2D eigenvalue weighted by molar-refractivity contribution is 5.01. The van der Waals surface area contributed by atoms with Gasteiger partial charge in [0.1, 0.15) is 24.4 Å². The van der Waals surface area contributed by atoms with Crippen molar-refractivity contribution in [2.75, 3.05) is 39.6 Å². The Balaban J connectivity index is 3.32. The number of halogens is 2. The van der Waals surface area contributed by atoms with Crippen LogP contribution in [0.25, 0.3) is 0 Å². The van der Waals surface area contributed by atoms with Gasteiger partial charge in [-0.2, -0.15) is 8.78 Å². The van der Waals surface area contributed by atoms with Crippen LogP contribution in [0, 0.1) is 0 Å². The summed E-state index contributed by atoms with van der Waals surface area (Å²) in [5.41, 5.74) is 0. The molecule has 1 rings (SSSR count). The van der Waals surface area contributed by atoms with Crippen molar-refractivity contribution in [2.24, 2.45) is 0 Å². The Morgan fingerprint density at radius 1 is 0.743 bits per heavy atom. The van der Waals surface area contributed by atoms with Gasteiger partial charge in [-0.25, -0.2) is 0 Å². The second-order valence-corrected chi connectivity index (χ2v) is 9.07. The summed E-state index contributed by atoms with van der Waals surface area (Å²) in [4.78, 5) is 0. The first-order valence-corrected chi connectivity index (χ1v) is 13.6. The quantitative estimate of drug-likeness (QED) is 0.169. The second kappa shape index (κ2) is 18.8. The molecule has 0 bridgehead atoms. The molecule has 0 amide bonds. The highest BCUT2D eigenvalue weighted by atomic mass is 19.3. The van der Waals surface area contributed by atoms with Crippen LogP contribution in [0.1, 0.15) is 86.0 Å². The molecule has 1 aliphatic rings. The maximum atomic E-state index is 15.5. The van der Waals surface area contributed by atoms with Crippen molar-refractivity contribution in [3.05, 3.63) is 0 Å². The van der Waals surface area contributed by atoms with Gasteiger partial charge in [0, 0.05) is 33.0 Å². The van der Waals surface area contributed by atoms with Crippen molar-refractivity contribution in [1.29, 1.82) is 0 Å². The lowest BCUT2D eigenvalue weighted by Gasteiger charge is -2.48. The molecule has 1 aliphatic heterocycles. The minimum atomic E-state index is -3.73. The number of aliphatic hydroxyl groups is 1. The maximum absolute atomic E-state index is 15.5. The third-order valence-electron chi connectivity index (χ3n) is 6.02. The molecule has 9 heteroatoms. The minimum absolute atomic E-state index is 0.0619. The van der Waals surface area contributed by atoms with Gasteiger partial charge in [-0.15, -0.1) is 0 Å². The minimum Gasteiger partial charge on any atom is -0.379 e. The number of alkyl halides is 2. The van der Waals surface area contributed by atoms with Crippen LogP contribution < -0.4 is 0 Å². The van der Waals surface area contributed by atoms with Gasteiger partial charge in [-0.1, -0.05) is 53.4 Å². The smallest absolute Gasteiger partial charge is 0.325 e. The van der Waals surface area contributed by atoms with Crippen LogP contribution in [0.2, 0.25) is 0 Å². The first-order valence-electron chi connectivity index (χ1n) is 13.6. The fourth-order valence-electron chi connectivity index (χ4n) is 3.88. The van der Waals surface area contributed by atoms with E-state index in [2.05, 4.69) is 13.8 Å². The van der Waals surface area contributed by atoms with Crippen LogP contribution in [0.3, 0.4) is 0 Å². The van der Waals surface area contributed by atoms with E-state index in [0.717, 1.165) is 44.9 Å². The van der Waals surface area contributed by atoms with Crippen LogP contribution in [-0.4, -0.2) is 87.5 Å². The molecular weight excluding hydrogens is 462 g/mol. The van der Waals surface area contributed by atoms with Gasteiger partial charge < -0.3 is 33.5 Å². The van der Waals surface area contributed by atoms with E-state index < -0.39 is 42.7 Å². The highest BCUT2D eigenvalue weighted by Crippen LogP contribution is 2.38. The van der Waals surface area contributed by atoms with Gasteiger partial charge in [-0.05, 0) is 32.6 Å². The van der Waals surface area contributed by atoms with Crippen molar-refractivity contribution in [1.82, 2.24) is 0 Å². The van der Waals surface area contributed by atoms with E-state index >= 15 is 8.78 Å². The average molecular weight is 513 g/mol. The van der Waals surface area contributed by atoms with Crippen molar-refractivity contribution < 1.29 is 42.3 Å². The summed E-state index contributed by atoms with van der Waals surface area (Å²) in [7, 11) is 0. The number of unbranched alkanes of at least 4 members (excludes halogenated alkanes) is 4. The zero-order valence-corrected chi connectivity index (χ0v) is 22.5. The molecule has 0 aromatic rings. The van der Waals surface area contributed by atoms with Crippen LogP contribution in [0.4, 0.5) is 8.78 Å². The Kier molecular flexibility index (Phi) is 17.5. The summed E-state index contributed by atoms with van der Waals surface area (Å²) in [5, 5.41) is 10.2. The van der Waals surface area contributed by atoms with Crippen LogP contribution in [0.5, 0.6) is 0 Å². The van der Waals surface area contributed by atoms with E-state index in [9.17, 15) is 5.11 Å².